The quantitative estimate of drug-likeness (QED) is 0.434. The van der Waals surface area contributed by atoms with Crippen molar-refractivity contribution in [3.05, 3.63) is 52.9 Å². The van der Waals surface area contributed by atoms with Crippen LogP contribution in [0.15, 0.2) is 36.7 Å². The van der Waals surface area contributed by atoms with Crippen LogP contribution in [0.4, 0.5) is 5.82 Å². The van der Waals surface area contributed by atoms with Crippen molar-refractivity contribution in [2.24, 2.45) is 0 Å². The van der Waals surface area contributed by atoms with Gasteiger partial charge in [-0.2, -0.15) is 0 Å². The number of hydrogen-bond donors (Lipinski definition) is 1. The molecular formula is C26H41ClN4O4. The maximum absolute atomic E-state index is 11.9. The van der Waals surface area contributed by atoms with E-state index < -0.39 is 11.2 Å². The lowest BCUT2D eigenvalue weighted by atomic mass is 10.2. The van der Waals surface area contributed by atoms with E-state index in [0.29, 0.717) is 16.3 Å². The van der Waals surface area contributed by atoms with Crippen molar-refractivity contribution in [2.45, 2.75) is 67.6 Å². The summed E-state index contributed by atoms with van der Waals surface area (Å²) in [7, 11) is 0. The number of ether oxygens (including phenoxy) is 2. The van der Waals surface area contributed by atoms with Crippen molar-refractivity contribution in [1.82, 2.24) is 15.3 Å². The fourth-order valence-corrected chi connectivity index (χ4v) is 2.87. The van der Waals surface area contributed by atoms with E-state index in [4.69, 9.17) is 21.1 Å². The van der Waals surface area contributed by atoms with Crippen molar-refractivity contribution in [3.8, 4) is 0 Å². The molecule has 0 aliphatic carbocycles. The van der Waals surface area contributed by atoms with Crippen molar-refractivity contribution >= 4 is 29.4 Å². The van der Waals surface area contributed by atoms with Crippen molar-refractivity contribution < 1.29 is 19.1 Å². The van der Waals surface area contributed by atoms with E-state index in [1.54, 1.807) is 24.4 Å². The Balaban J connectivity index is 0.000000652. The molecule has 1 aliphatic rings. The maximum atomic E-state index is 11.9. The normalized spacial score (nSPS) is 13.3. The Morgan fingerprint density at radius 2 is 1.29 bits per heavy atom. The van der Waals surface area contributed by atoms with Gasteiger partial charge in [-0.1, -0.05) is 26.5 Å². The number of piperazine rings is 1. The van der Waals surface area contributed by atoms with Gasteiger partial charge in [-0.15, -0.1) is 0 Å². The molecule has 9 heteroatoms. The topological polar surface area (TPSA) is 93.7 Å². The molecule has 0 unspecified atom stereocenters. The first-order valence-corrected chi connectivity index (χ1v) is 11.2. The van der Waals surface area contributed by atoms with E-state index in [9.17, 15) is 9.59 Å². The zero-order valence-corrected chi connectivity index (χ0v) is 20.9. The summed E-state index contributed by atoms with van der Waals surface area (Å²) in [5.41, 5.74) is -0.0662. The van der Waals surface area contributed by atoms with Gasteiger partial charge in [0.2, 0.25) is 0 Å². The maximum Gasteiger partial charge on any atom is 0.340 e. The van der Waals surface area contributed by atoms with Gasteiger partial charge in [0.15, 0.2) is 0 Å². The SMILES string of the molecule is C.C.CC(C)(C)OC(=O)c1ccc(Cl)nc1.CC(C)(C)OC(=O)c1ccc(N2CCNCC2)nc1. The van der Waals surface area contributed by atoms with E-state index in [1.165, 1.54) is 6.20 Å². The third kappa shape index (κ3) is 12.0. The molecule has 3 rings (SSSR count). The molecule has 196 valence electrons. The summed E-state index contributed by atoms with van der Waals surface area (Å²) in [6, 6.07) is 6.80. The van der Waals surface area contributed by atoms with Gasteiger partial charge in [0, 0.05) is 38.6 Å². The highest BCUT2D eigenvalue weighted by molar-refractivity contribution is 6.29. The molecule has 1 aliphatic heterocycles. The number of halogens is 1. The molecule has 0 bridgehead atoms. The van der Waals surface area contributed by atoms with E-state index in [0.717, 1.165) is 32.0 Å². The standard InChI is InChI=1S/C14H21N3O2.C10H12ClNO2.2CH4/c1-14(2,3)19-13(18)11-4-5-12(16-10-11)17-8-6-15-7-9-17;1-10(2,3)14-9(13)7-4-5-8(11)12-6-7;;/h4-5,10,15H,6-9H2,1-3H3;4-6H,1-3H3;2*1H4. The van der Waals surface area contributed by atoms with Crippen LogP contribution in [0.1, 0.15) is 77.1 Å². The number of rotatable bonds is 3. The smallest absolute Gasteiger partial charge is 0.340 e. The van der Waals surface area contributed by atoms with Crippen LogP contribution in [0.25, 0.3) is 0 Å². The van der Waals surface area contributed by atoms with Gasteiger partial charge in [-0.3, -0.25) is 0 Å². The van der Waals surface area contributed by atoms with E-state index >= 15 is 0 Å². The van der Waals surface area contributed by atoms with Gasteiger partial charge in [-0.05, 0) is 65.8 Å². The molecule has 0 aromatic carbocycles. The fraction of sp³-hybridized carbons (Fsp3) is 0.538. The Morgan fingerprint density at radius 1 is 0.829 bits per heavy atom. The summed E-state index contributed by atoms with van der Waals surface area (Å²) in [6.07, 6.45) is 2.99. The van der Waals surface area contributed by atoms with Crippen LogP contribution < -0.4 is 10.2 Å². The Labute approximate surface area is 215 Å². The average Bonchev–Trinajstić information content (AvgIpc) is 2.73. The van der Waals surface area contributed by atoms with Crippen LogP contribution in [0, 0.1) is 0 Å². The predicted molar refractivity (Wildman–Crippen MR) is 142 cm³/mol. The molecule has 0 amide bonds. The first-order valence-electron chi connectivity index (χ1n) is 10.8. The number of pyridine rings is 2. The number of nitrogens with one attached hydrogen (secondary N) is 1. The zero-order chi connectivity index (χ0) is 24.6. The number of carbonyl (C=O) groups is 2. The molecule has 0 spiro atoms. The Hall–Kier alpha value is -2.71. The summed E-state index contributed by atoms with van der Waals surface area (Å²) in [5, 5.41) is 3.65. The predicted octanol–water partition coefficient (Wildman–Crippen LogP) is 5.41. The summed E-state index contributed by atoms with van der Waals surface area (Å²) in [4.78, 5) is 33.7. The molecule has 2 aromatic heterocycles. The second-order valence-electron chi connectivity index (χ2n) is 9.52. The summed E-state index contributed by atoms with van der Waals surface area (Å²) >= 11 is 5.59. The van der Waals surface area contributed by atoms with Gasteiger partial charge < -0.3 is 19.7 Å². The largest absolute Gasteiger partial charge is 0.456 e. The number of esters is 2. The number of hydrogen-bond acceptors (Lipinski definition) is 8. The third-order valence-corrected chi connectivity index (χ3v) is 4.41. The summed E-state index contributed by atoms with van der Waals surface area (Å²) < 4.78 is 10.4. The van der Waals surface area contributed by atoms with Gasteiger partial charge in [0.1, 0.15) is 22.2 Å². The number of carbonyl (C=O) groups excluding carboxylic acids is 2. The van der Waals surface area contributed by atoms with E-state index in [2.05, 4.69) is 20.2 Å². The molecule has 8 nitrogen and oxygen atoms in total. The third-order valence-electron chi connectivity index (χ3n) is 4.19. The second-order valence-corrected chi connectivity index (χ2v) is 9.90. The van der Waals surface area contributed by atoms with Crippen LogP contribution in [0.5, 0.6) is 0 Å². The van der Waals surface area contributed by atoms with Crippen molar-refractivity contribution in [3.63, 3.8) is 0 Å². The highest BCUT2D eigenvalue weighted by atomic mass is 35.5. The molecular weight excluding hydrogens is 468 g/mol. The molecule has 35 heavy (non-hydrogen) atoms. The highest BCUT2D eigenvalue weighted by Gasteiger charge is 2.19. The lowest BCUT2D eigenvalue weighted by Crippen LogP contribution is -2.43. The minimum atomic E-state index is -0.489. The lowest BCUT2D eigenvalue weighted by Gasteiger charge is -2.28. The monoisotopic (exact) mass is 508 g/mol. The first-order chi connectivity index (χ1) is 15.3. The van der Waals surface area contributed by atoms with E-state index in [1.807, 2.05) is 47.6 Å². The highest BCUT2D eigenvalue weighted by Crippen LogP contribution is 2.15. The van der Waals surface area contributed by atoms with Crippen LogP contribution in [-0.4, -0.2) is 59.3 Å². The number of nitrogens with zero attached hydrogens (tertiary/aromatic N) is 3. The average molecular weight is 509 g/mol. The van der Waals surface area contributed by atoms with E-state index in [-0.39, 0.29) is 26.8 Å². The molecule has 2 aromatic rings. The Kier molecular flexibility index (Phi) is 12.9. The fourth-order valence-electron chi connectivity index (χ4n) is 2.76. The van der Waals surface area contributed by atoms with Crippen LogP contribution in [-0.2, 0) is 9.47 Å². The van der Waals surface area contributed by atoms with Crippen LogP contribution in [0.2, 0.25) is 5.15 Å². The summed E-state index contributed by atoms with van der Waals surface area (Å²) in [6.45, 7) is 14.8. The molecule has 1 fully saturated rings. The molecule has 3 heterocycles. The summed E-state index contributed by atoms with van der Waals surface area (Å²) in [5.74, 6) is 0.197. The molecule has 1 saturated heterocycles. The van der Waals surface area contributed by atoms with Crippen molar-refractivity contribution in [2.75, 3.05) is 31.1 Å². The molecule has 1 N–H and O–H groups in total. The lowest BCUT2D eigenvalue weighted by molar-refractivity contribution is 0.00565. The van der Waals surface area contributed by atoms with Crippen LogP contribution in [0.3, 0.4) is 0 Å². The number of aromatic nitrogens is 2. The first kappa shape index (κ1) is 32.3. The number of anilines is 1. The van der Waals surface area contributed by atoms with Crippen LogP contribution >= 0.6 is 11.6 Å². The molecule has 0 saturated carbocycles. The van der Waals surface area contributed by atoms with Gasteiger partial charge >= 0.3 is 11.9 Å². The van der Waals surface area contributed by atoms with Crippen molar-refractivity contribution in [1.29, 1.82) is 0 Å². The minimum Gasteiger partial charge on any atom is -0.456 e. The zero-order valence-electron chi connectivity index (χ0n) is 20.1. The second kappa shape index (κ2) is 14.0. The Morgan fingerprint density at radius 3 is 1.66 bits per heavy atom. The molecule has 0 atom stereocenters. The molecule has 0 radical (unpaired) electrons. The minimum absolute atomic E-state index is 0. The Bertz CT molecular complexity index is 914. The van der Waals surface area contributed by atoms with Gasteiger partial charge in [-0.25, -0.2) is 19.6 Å². The van der Waals surface area contributed by atoms with Gasteiger partial charge in [0.25, 0.3) is 0 Å². The van der Waals surface area contributed by atoms with Gasteiger partial charge in [0.05, 0.1) is 11.1 Å².